The average molecular weight is 257 g/mol. The molecule has 0 fully saturated rings. The maximum absolute atomic E-state index is 9.02. The van der Waals surface area contributed by atoms with E-state index in [0.717, 1.165) is 24.4 Å². The van der Waals surface area contributed by atoms with Crippen LogP contribution in [0, 0.1) is 0 Å². The van der Waals surface area contributed by atoms with E-state index in [1.165, 1.54) is 11.1 Å². The Morgan fingerprint density at radius 3 is 3.11 bits per heavy atom. The Balaban J connectivity index is 1.99. The van der Waals surface area contributed by atoms with Crippen molar-refractivity contribution in [3.63, 3.8) is 0 Å². The molecule has 4 heteroatoms. The Labute approximate surface area is 113 Å². The van der Waals surface area contributed by atoms with E-state index in [-0.39, 0.29) is 12.6 Å². The fourth-order valence-electron chi connectivity index (χ4n) is 2.82. The Morgan fingerprint density at radius 1 is 1.42 bits per heavy atom. The minimum atomic E-state index is 0.144. The van der Waals surface area contributed by atoms with Crippen LogP contribution < -0.4 is 5.32 Å². The van der Waals surface area contributed by atoms with E-state index in [4.69, 9.17) is 5.11 Å². The third-order valence-electron chi connectivity index (χ3n) is 3.74. The van der Waals surface area contributed by atoms with E-state index in [2.05, 4.69) is 40.7 Å². The fraction of sp³-hybridized carbons (Fsp3) is 0.400. The summed E-state index contributed by atoms with van der Waals surface area (Å²) in [6, 6.07) is 10.9. The fourth-order valence-corrected chi connectivity index (χ4v) is 2.82. The Bertz CT molecular complexity index is 577. The zero-order chi connectivity index (χ0) is 13.2. The van der Waals surface area contributed by atoms with Crippen molar-refractivity contribution < 1.29 is 5.11 Å². The number of rotatable bonds is 3. The van der Waals surface area contributed by atoms with Gasteiger partial charge < -0.3 is 10.4 Å². The molecule has 2 aromatic rings. The molecule has 1 aromatic carbocycles. The summed E-state index contributed by atoms with van der Waals surface area (Å²) in [7, 11) is 1.97. The van der Waals surface area contributed by atoms with Crippen LogP contribution in [0.1, 0.15) is 28.6 Å². The summed E-state index contributed by atoms with van der Waals surface area (Å²) in [5.41, 5.74) is 4.86. The highest BCUT2D eigenvalue weighted by Crippen LogP contribution is 2.28. The van der Waals surface area contributed by atoms with E-state index in [1.54, 1.807) is 0 Å². The van der Waals surface area contributed by atoms with Crippen molar-refractivity contribution in [3.8, 4) is 0 Å². The SMILES string of the molecule is Cn1nc(CCO)cc1C1NCCc2ccccc21. The third kappa shape index (κ3) is 2.29. The van der Waals surface area contributed by atoms with Crippen LogP contribution in [-0.2, 0) is 19.9 Å². The van der Waals surface area contributed by atoms with Crippen LogP contribution in [0.5, 0.6) is 0 Å². The van der Waals surface area contributed by atoms with Gasteiger partial charge in [0.15, 0.2) is 0 Å². The summed E-state index contributed by atoms with van der Waals surface area (Å²) in [4.78, 5) is 0. The summed E-state index contributed by atoms with van der Waals surface area (Å²) in [6.07, 6.45) is 1.69. The molecule has 1 aromatic heterocycles. The number of fused-ring (bicyclic) bond motifs is 1. The van der Waals surface area contributed by atoms with Crippen molar-refractivity contribution in [2.24, 2.45) is 7.05 Å². The van der Waals surface area contributed by atoms with Gasteiger partial charge in [-0.15, -0.1) is 0 Å². The van der Waals surface area contributed by atoms with E-state index in [0.29, 0.717) is 6.42 Å². The molecule has 0 bridgehead atoms. The monoisotopic (exact) mass is 257 g/mol. The van der Waals surface area contributed by atoms with Crippen LogP contribution in [0.25, 0.3) is 0 Å². The first-order valence-corrected chi connectivity index (χ1v) is 6.74. The van der Waals surface area contributed by atoms with Gasteiger partial charge in [0.05, 0.1) is 17.4 Å². The second-order valence-electron chi connectivity index (χ2n) is 4.99. The van der Waals surface area contributed by atoms with Gasteiger partial charge in [-0.1, -0.05) is 24.3 Å². The van der Waals surface area contributed by atoms with E-state index in [1.807, 2.05) is 11.7 Å². The molecular weight excluding hydrogens is 238 g/mol. The number of nitrogens with one attached hydrogen (secondary N) is 1. The van der Waals surface area contributed by atoms with Gasteiger partial charge in [0.2, 0.25) is 0 Å². The third-order valence-corrected chi connectivity index (χ3v) is 3.74. The average Bonchev–Trinajstić information content (AvgIpc) is 2.79. The van der Waals surface area contributed by atoms with E-state index < -0.39 is 0 Å². The first-order valence-electron chi connectivity index (χ1n) is 6.74. The molecule has 4 nitrogen and oxygen atoms in total. The van der Waals surface area contributed by atoms with E-state index in [9.17, 15) is 0 Å². The predicted molar refractivity (Wildman–Crippen MR) is 74.0 cm³/mol. The molecule has 0 amide bonds. The molecule has 0 spiro atoms. The first kappa shape index (κ1) is 12.4. The molecule has 0 saturated heterocycles. The van der Waals surface area contributed by atoms with Gasteiger partial charge >= 0.3 is 0 Å². The lowest BCUT2D eigenvalue weighted by Gasteiger charge is -2.26. The van der Waals surface area contributed by atoms with Gasteiger partial charge in [0, 0.05) is 26.6 Å². The van der Waals surface area contributed by atoms with Crippen molar-refractivity contribution >= 4 is 0 Å². The number of nitrogens with zero attached hydrogens (tertiary/aromatic N) is 2. The minimum Gasteiger partial charge on any atom is -0.396 e. The number of hydrogen-bond acceptors (Lipinski definition) is 3. The largest absolute Gasteiger partial charge is 0.396 e. The number of aliphatic hydroxyl groups is 1. The maximum Gasteiger partial charge on any atom is 0.0751 e. The highest BCUT2D eigenvalue weighted by Gasteiger charge is 2.23. The lowest BCUT2D eigenvalue weighted by molar-refractivity contribution is 0.298. The zero-order valence-corrected chi connectivity index (χ0v) is 11.1. The van der Waals surface area contributed by atoms with Crippen LogP contribution in [-0.4, -0.2) is 28.0 Å². The van der Waals surface area contributed by atoms with Crippen LogP contribution >= 0.6 is 0 Å². The quantitative estimate of drug-likeness (QED) is 0.868. The second kappa shape index (κ2) is 5.15. The molecule has 2 heterocycles. The highest BCUT2D eigenvalue weighted by atomic mass is 16.3. The second-order valence-corrected chi connectivity index (χ2v) is 4.99. The molecule has 100 valence electrons. The molecule has 19 heavy (non-hydrogen) atoms. The molecule has 1 aliphatic rings. The van der Waals surface area contributed by atoms with Crippen molar-refractivity contribution in [2.75, 3.05) is 13.2 Å². The minimum absolute atomic E-state index is 0.144. The Kier molecular flexibility index (Phi) is 3.36. The summed E-state index contributed by atoms with van der Waals surface area (Å²) in [5, 5.41) is 17.1. The molecule has 0 radical (unpaired) electrons. The lowest BCUT2D eigenvalue weighted by atomic mass is 9.92. The van der Waals surface area contributed by atoms with Crippen molar-refractivity contribution in [3.05, 3.63) is 52.8 Å². The summed E-state index contributed by atoms with van der Waals surface area (Å²) >= 11 is 0. The van der Waals surface area contributed by atoms with Gasteiger partial charge in [-0.25, -0.2) is 0 Å². The number of aromatic nitrogens is 2. The topological polar surface area (TPSA) is 50.1 Å². The predicted octanol–water partition coefficient (Wildman–Crippen LogP) is 1.19. The Hall–Kier alpha value is -1.65. The zero-order valence-electron chi connectivity index (χ0n) is 11.1. The van der Waals surface area contributed by atoms with E-state index >= 15 is 0 Å². The number of aryl methyl sites for hydroxylation is 1. The molecule has 3 rings (SSSR count). The highest BCUT2D eigenvalue weighted by molar-refractivity contribution is 5.38. The van der Waals surface area contributed by atoms with Gasteiger partial charge in [-0.05, 0) is 23.6 Å². The van der Waals surface area contributed by atoms with Gasteiger partial charge in [-0.2, -0.15) is 5.10 Å². The van der Waals surface area contributed by atoms with Crippen LogP contribution in [0.4, 0.5) is 0 Å². The van der Waals surface area contributed by atoms with Crippen molar-refractivity contribution in [2.45, 2.75) is 18.9 Å². The van der Waals surface area contributed by atoms with Crippen LogP contribution in [0.2, 0.25) is 0 Å². The normalized spacial score (nSPS) is 18.3. The molecule has 1 atom stereocenters. The smallest absolute Gasteiger partial charge is 0.0751 e. The van der Waals surface area contributed by atoms with Crippen molar-refractivity contribution in [1.29, 1.82) is 0 Å². The summed E-state index contributed by atoms with van der Waals surface area (Å²) in [5.74, 6) is 0. The molecule has 1 aliphatic heterocycles. The number of aliphatic hydroxyl groups excluding tert-OH is 1. The summed E-state index contributed by atoms with van der Waals surface area (Å²) < 4.78 is 1.92. The number of benzene rings is 1. The number of hydrogen-bond donors (Lipinski definition) is 2. The molecular formula is C15H19N3O. The lowest BCUT2D eigenvalue weighted by Crippen LogP contribution is -2.31. The van der Waals surface area contributed by atoms with Gasteiger partial charge in [0.25, 0.3) is 0 Å². The van der Waals surface area contributed by atoms with Crippen LogP contribution in [0.15, 0.2) is 30.3 Å². The van der Waals surface area contributed by atoms with Gasteiger partial charge in [0.1, 0.15) is 0 Å². The standard InChI is InChI=1S/C15H19N3O/c1-18-14(10-12(17-18)7-9-19)15-13-5-3-2-4-11(13)6-8-16-15/h2-5,10,15-16,19H,6-9H2,1H3. The molecule has 0 saturated carbocycles. The Morgan fingerprint density at radius 2 is 2.26 bits per heavy atom. The maximum atomic E-state index is 9.02. The van der Waals surface area contributed by atoms with Crippen molar-refractivity contribution in [1.82, 2.24) is 15.1 Å². The van der Waals surface area contributed by atoms with Gasteiger partial charge in [-0.3, -0.25) is 4.68 Å². The van der Waals surface area contributed by atoms with Crippen LogP contribution in [0.3, 0.4) is 0 Å². The summed E-state index contributed by atoms with van der Waals surface area (Å²) in [6.45, 7) is 1.13. The first-order chi connectivity index (χ1) is 9.29. The molecule has 2 N–H and O–H groups in total. The molecule has 0 aliphatic carbocycles. The molecule has 1 unspecified atom stereocenters.